The van der Waals surface area contributed by atoms with Crippen LogP contribution in [0, 0.1) is 50.2 Å². The number of carbonyl (C=O) groups is 1. The Morgan fingerprint density at radius 1 is 0.917 bits per heavy atom. The van der Waals surface area contributed by atoms with Crippen LogP contribution in [0.1, 0.15) is 92.9 Å². The third-order valence-electron chi connectivity index (χ3n) is 13.1. The lowest BCUT2D eigenvalue weighted by Gasteiger charge is -2.72. The molecule has 5 aliphatic rings. The maximum Gasteiger partial charge on any atom is 0.312 e. The molecule has 5 rings (SSSR count). The van der Waals surface area contributed by atoms with Crippen molar-refractivity contribution in [1.82, 2.24) is 0 Å². The summed E-state index contributed by atoms with van der Waals surface area (Å²) in [4.78, 5) is 12.6. The van der Waals surface area contributed by atoms with E-state index in [0.29, 0.717) is 12.3 Å². The number of carboxylic acid groups (broad SMARTS) is 1. The summed E-state index contributed by atoms with van der Waals surface area (Å²) in [5, 5.41) is 54.5. The van der Waals surface area contributed by atoms with Gasteiger partial charge in [0.1, 0.15) is 0 Å². The van der Waals surface area contributed by atoms with Crippen LogP contribution in [-0.2, 0) is 4.79 Å². The number of hydrogen-bond acceptors (Lipinski definition) is 5. The summed E-state index contributed by atoms with van der Waals surface area (Å²) in [7, 11) is 0. The van der Waals surface area contributed by atoms with Gasteiger partial charge in [0.2, 0.25) is 0 Å². The number of allylic oxidation sites excluding steroid dienone is 2. The SMILES string of the molecule is CC1(C)CC[C@]2(CO)CC[C@]3(C)C(=CC[C@H]4[C@@]5(C)C[C@H](O)[C@H](O)[C@](C)(C(=O)O)[C@H]5[C@H](O)C[C@]43C)[C@@H]2C1. The number of fused-ring (bicyclic) bond motifs is 7. The van der Waals surface area contributed by atoms with Gasteiger partial charge in [0.15, 0.2) is 0 Å². The van der Waals surface area contributed by atoms with Gasteiger partial charge in [0.05, 0.1) is 23.7 Å². The average Bonchev–Trinajstić information content (AvgIpc) is 2.77. The fraction of sp³-hybridized carbons (Fsp3) is 0.900. The van der Waals surface area contributed by atoms with Crippen LogP contribution in [0.2, 0.25) is 0 Å². The first kappa shape index (κ1) is 26.6. The van der Waals surface area contributed by atoms with Gasteiger partial charge in [-0.2, -0.15) is 0 Å². The molecule has 0 spiro atoms. The van der Waals surface area contributed by atoms with Crippen molar-refractivity contribution in [2.45, 2.75) is 111 Å². The van der Waals surface area contributed by atoms with Gasteiger partial charge in [0, 0.05) is 17.9 Å². The van der Waals surface area contributed by atoms with Crippen molar-refractivity contribution in [1.29, 1.82) is 0 Å². The molecule has 6 nitrogen and oxygen atoms in total. The molecular weight excluding hydrogens is 456 g/mol. The molecule has 204 valence electrons. The number of carboxylic acids is 1. The third-order valence-corrected chi connectivity index (χ3v) is 13.1. The van der Waals surface area contributed by atoms with Crippen molar-refractivity contribution >= 4 is 5.97 Å². The fourth-order valence-corrected chi connectivity index (χ4v) is 10.9. The maximum absolute atomic E-state index is 12.6. The number of aliphatic hydroxyl groups excluding tert-OH is 4. The van der Waals surface area contributed by atoms with Crippen molar-refractivity contribution in [3.8, 4) is 0 Å². The normalized spacial score (nSPS) is 55.9. The van der Waals surface area contributed by atoms with E-state index in [1.807, 2.05) is 0 Å². The first-order valence-electron chi connectivity index (χ1n) is 14.1. The molecule has 5 N–H and O–H groups in total. The second kappa shape index (κ2) is 7.80. The van der Waals surface area contributed by atoms with Gasteiger partial charge in [0.25, 0.3) is 0 Å². The van der Waals surface area contributed by atoms with Crippen molar-refractivity contribution in [2.24, 2.45) is 50.2 Å². The first-order chi connectivity index (χ1) is 16.5. The molecule has 11 atom stereocenters. The molecule has 0 bridgehead atoms. The summed E-state index contributed by atoms with van der Waals surface area (Å²) in [5.74, 6) is -1.41. The molecule has 0 amide bonds. The van der Waals surface area contributed by atoms with Gasteiger partial charge >= 0.3 is 5.97 Å². The molecule has 0 aromatic heterocycles. The monoisotopic (exact) mass is 504 g/mol. The molecule has 0 saturated heterocycles. The van der Waals surface area contributed by atoms with Gasteiger partial charge in [-0.1, -0.05) is 46.3 Å². The van der Waals surface area contributed by atoms with Crippen LogP contribution in [-0.4, -0.2) is 56.4 Å². The third kappa shape index (κ3) is 3.08. The Morgan fingerprint density at radius 2 is 1.56 bits per heavy atom. The topological polar surface area (TPSA) is 118 Å². The molecule has 0 unspecified atom stereocenters. The zero-order valence-electron chi connectivity index (χ0n) is 23.0. The second-order valence-electron chi connectivity index (χ2n) is 15.2. The molecule has 0 heterocycles. The molecule has 0 aromatic rings. The molecule has 4 fully saturated rings. The average molecular weight is 505 g/mol. The van der Waals surface area contributed by atoms with Crippen LogP contribution < -0.4 is 0 Å². The predicted octanol–water partition coefficient (Wildman–Crippen LogP) is 4.15. The number of aliphatic carboxylic acids is 1. The van der Waals surface area contributed by atoms with E-state index in [9.17, 15) is 30.3 Å². The summed E-state index contributed by atoms with van der Waals surface area (Å²) in [6.07, 6.45) is 5.64. The van der Waals surface area contributed by atoms with Crippen LogP contribution in [0.3, 0.4) is 0 Å². The molecular formula is C30H48O6. The molecule has 0 aliphatic heterocycles. The largest absolute Gasteiger partial charge is 0.481 e. The molecule has 36 heavy (non-hydrogen) atoms. The van der Waals surface area contributed by atoms with Gasteiger partial charge in [-0.25, -0.2) is 0 Å². The lowest BCUT2D eigenvalue weighted by molar-refractivity contribution is -0.267. The zero-order valence-corrected chi connectivity index (χ0v) is 23.0. The number of rotatable bonds is 2. The van der Waals surface area contributed by atoms with Crippen molar-refractivity contribution < 1.29 is 30.3 Å². The van der Waals surface area contributed by atoms with Crippen molar-refractivity contribution in [3.63, 3.8) is 0 Å². The van der Waals surface area contributed by atoms with Crippen molar-refractivity contribution in [2.75, 3.05) is 6.61 Å². The predicted molar refractivity (Wildman–Crippen MR) is 137 cm³/mol. The summed E-state index contributed by atoms with van der Waals surface area (Å²) >= 11 is 0. The minimum Gasteiger partial charge on any atom is -0.481 e. The molecule has 6 heteroatoms. The summed E-state index contributed by atoms with van der Waals surface area (Å²) in [6, 6.07) is 0. The Bertz CT molecular complexity index is 974. The molecule has 4 saturated carbocycles. The van der Waals surface area contributed by atoms with Gasteiger partial charge < -0.3 is 25.5 Å². The van der Waals surface area contributed by atoms with Gasteiger partial charge in [-0.3, -0.25) is 4.79 Å². The van der Waals surface area contributed by atoms with E-state index >= 15 is 0 Å². The quantitative estimate of drug-likeness (QED) is 0.361. The van der Waals surface area contributed by atoms with Gasteiger partial charge in [-0.05, 0) is 91.8 Å². The summed E-state index contributed by atoms with van der Waals surface area (Å²) in [6.45, 7) is 13.1. The van der Waals surface area contributed by atoms with E-state index in [-0.39, 0.29) is 40.6 Å². The minimum atomic E-state index is -1.62. The van der Waals surface area contributed by atoms with Crippen LogP contribution >= 0.6 is 0 Å². The minimum absolute atomic E-state index is 0.0726. The highest BCUT2D eigenvalue weighted by Gasteiger charge is 2.73. The fourth-order valence-electron chi connectivity index (χ4n) is 10.9. The number of hydrogen-bond donors (Lipinski definition) is 5. The number of aliphatic hydroxyl groups is 4. The van der Waals surface area contributed by atoms with E-state index in [1.54, 1.807) is 0 Å². The molecule has 0 radical (unpaired) electrons. The Hall–Kier alpha value is -0.950. The van der Waals surface area contributed by atoms with E-state index in [0.717, 1.165) is 38.5 Å². The van der Waals surface area contributed by atoms with Crippen molar-refractivity contribution in [3.05, 3.63) is 11.6 Å². The lowest BCUT2D eigenvalue weighted by Crippen LogP contribution is -2.72. The van der Waals surface area contributed by atoms with E-state index in [4.69, 9.17) is 0 Å². The summed E-state index contributed by atoms with van der Waals surface area (Å²) in [5.41, 5.74) is -1.13. The van der Waals surface area contributed by atoms with Crippen LogP contribution in [0.25, 0.3) is 0 Å². The Balaban J connectivity index is 1.64. The highest BCUT2D eigenvalue weighted by molar-refractivity contribution is 5.76. The maximum atomic E-state index is 12.6. The van der Waals surface area contributed by atoms with Crippen LogP contribution in [0.5, 0.6) is 0 Å². The Morgan fingerprint density at radius 3 is 2.17 bits per heavy atom. The van der Waals surface area contributed by atoms with E-state index < -0.39 is 41.0 Å². The highest BCUT2D eigenvalue weighted by Crippen LogP contribution is 2.75. The highest BCUT2D eigenvalue weighted by atomic mass is 16.4. The Labute approximate surface area is 216 Å². The summed E-state index contributed by atoms with van der Waals surface area (Å²) < 4.78 is 0. The van der Waals surface area contributed by atoms with E-state index in [1.165, 1.54) is 12.5 Å². The molecule has 5 aliphatic carbocycles. The second-order valence-corrected chi connectivity index (χ2v) is 15.2. The van der Waals surface area contributed by atoms with Crippen LogP contribution in [0.15, 0.2) is 11.6 Å². The van der Waals surface area contributed by atoms with E-state index in [2.05, 4.69) is 40.7 Å². The lowest BCUT2D eigenvalue weighted by atomic mass is 9.33. The van der Waals surface area contributed by atoms with Crippen LogP contribution in [0.4, 0.5) is 0 Å². The molecule has 0 aromatic carbocycles. The van der Waals surface area contributed by atoms with Gasteiger partial charge in [-0.15, -0.1) is 0 Å². The first-order valence-corrected chi connectivity index (χ1v) is 14.1. The Kier molecular flexibility index (Phi) is 5.77. The smallest absolute Gasteiger partial charge is 0.312 e. The standard InChI is InChI=1S/C30H48O6/c1-25(2)9-11-30(16-31)12-10-27(4)17(18(30)13-25)7-8-21-26(3)14-20(33)23(34)29(6,24(35)36)22(26)19(32)15-28(21,27)5/h7,18-23,31-34H,8-16H2,1-6H3,(H,35,36)/t18-,19+,20-,21-,22-,23-,26+,27+,28+,29+,30+/m0/s1. The zero-order chi connectivity index (χ0) is 26.7.